The van der Waals surface area contributed by atoms with E-state index in [-0.39, 0.29) is 30.5 Å². The van der Waals surface area contributed by atoms with E-state index in [1.165, 1.54) is 41.6 Å². The average molecular weight is 346 g/mol. The van der Waals surface area contributed by atoms with Crippen molar-refractivity contribution in [1.29, 1.82) is 0 Å². The van der Waals surface area contributed by atoms with Gasteiger partial charge in [0.25, 0.3) is 5.91 Å². The molecule has 0 fully saturated rings. The lowest BCUT2D eigenvalue weighted by Crippen LogP contribution is -2.43. The molecule has 0 unspecified atom stereocenters. The maximum Gasteiger partial charge on any atom is 0.257 e. The molecule has 0 radical (unpaired) electrons. The van der Waals surface area contributed by atoms with Crippen molar-refractivity contribution in [2.75, 3.05) is 13.6 Å². The van der Waals surface area contributed by atoms with Crippen molar-refractivity contribution in [1.82, 2.24) is 15.2 Å². The molecule has 2 rings (SSSR count). The van der Waals surface area contributed by atoms with Crippen molar-refractivity contribution in [3.8, 4) is 0 Å². The number of nitrogens with one attached hydrogen (secondary N) is 1. The number of carbonyl (C=O) groups excluding carboxylic acids is 2. The summed E-state index contributed by atoms with van der Waals surface area (Å²) < 4.78 is 13.4. The van der Waals surface area contributed by atoms with Gasteiger partial charge in [-0.25, -0.2) is 4.39 Å². The number of pyridine rings is 2. The van der Waals surface area contributed by atoms with Gasteiger partial charge in [-0.05, 0) is 25.1 Å². The zero-order valence-electron chi connectivity index (χ0n) is 14.0. The van der Waals surface area contributed by atoms with E-state index in [2.05, 4.69) is 10.3 Å². The van der Waals surface area contributed by atoms with Crippen molar-refractivity contribution < 1.29 is 18.7 Å². The second kappa shape index (κ2) is 8.18. The molecule has 1 atom stereocenters. The number of rotatable bonds is 6. The first kappa shape index (κ1) is 18.3. The van der Waals surface area contributed by atoms with Crippen LogP contribution in [0.5, 0.6) is 0 Å². The summed E-state index contributed by atoms with van der Waals surface area (Å²) in [5.41, 5.74) is 0.716. The molecule has 0 aliphatic heterocycles. The molecule has 2 heterocycles. The molecule has 1 N–H and O–H groups in total. The lowest BCUT2D eigenvalue weighted by atomic mass is 10.2. The number of carbonyl (C=O) groups is 2. The molecule has 2 aromatic heterocycles. The Morgan fingerprint density at radius 3 is 2.80 bits per heavy atom. The van der Waals surface area contributed by atoms with Crippen LogP contribution in [0.15, 0.2) is 42.9 Å². The van der Waals surface area contributed by atoms with Crippen LogP contribution in [0.4, 0.5) is 4.39 Å². The van der Waals surface area contributed by atoms with Gasteiger partial charge in [-0.15, -0.1) is 0 Å². The smallest absolute Gasteiger partial charge is 0.257 e. The van der Waals surface area contributed by atoms with Gasteiger partial charge in [0.05, 0.1) is 12.6 Å². The van der Waals surface area contributed by atoms with Crippen LogP contribution in [0.1, 0.15) is 23.0 Å². The zero-order valence-corrected chi connectivity index (χ0v) is 14.0. The van der Waals surface area contributed by atoms with Crippen molar-refractivity contribution in [2.45, 2.75) is 19.4 Å². The quantitative estimate of drug-likeness (QED) is 0.615. The maximum atomic E-state index is 12.8. The second-order valence-corrected chi connectivity index (χ2v) is 5.75. The SMILES string of the molecule is C[C@H](CN(C)C(=O)Cc1ccc(F)cn1)NC(=O)c1ccc[n+]([O-])c1. The number of aromatic nitrogens is 2. The zero-order chi connectivity index (χ0) is 18.4. The highest BCUT2D eigenvalue weighted by atomic mass is 19.1. The van der Waals surface area contributed by atoms with Crippen LogP contribution in [0, 0.1) is 11.0 Å². The largest absolute Gasteiger partial charge is 0.619 e. The third-order valence-electron chi connectivity index (χ3n) is 3.51. The molecule has 0 aromatic carbocycles. The Balaban J connectivity index is 1.86. The predicted octanol–water partition coefficient (Wildman–Crippen LogP) is 0.673. The van der Waals surface area contributed by atoms with Gasteiger partial charge in [0, 0.05) is 31.4 Å². The Kier molecular flexibility index (Phi) is 5.99. The van der Waals surface area contributed by atoms with E-state index in [1.807, 2.05) is 0 Å². The summed E-state index contributed by atoms with van der Waals surface area (Å²) in [7, 11) is 1.61. The average Bonchev–Trinajstić information content (AvgIpc) is 2.56. The van der Waals surface area contributed by atoms with Gasteiger partial charge in [0.1, 0.15) is 11.4 Å². The fourth-order valence-electron chi connectivity index (χ4n) is 2.26. The van der Waals surface area contributed by atoms with Gasteiger partial charge in [-0.3, -0.25) is 14.6 Å². The summed E-state index contributed by atoms with van der Waals surface area (Å²) in [6.45, 7) is 2.04. The topological polar surface area (TPSA) is 89.2 Å². The van der Waals surface area contributed by atoms with Crippen molar-refractivity contribution >= 4 is 11.8 Å². The lowest BCUT2D eigenvalue weighted by Gasteiger charge is -2.22. The Morgan fingerprint density at radius 2 is 2.16 bits per heavy atom. The van der Waals surface area contributed by atoms with Crippen LogP contribution < -0.4 is 10.0 Å². The first-order chi connectivity index (χ1) is 11.8. The molecular formula is C17H19FN4O3. The summed E-state index contributed by atoms with van der Waals surface area (Å²) >= 11 is 0. The minimum atomic E-state index is -0.457. The van der Waals surface area contributed by atoms with Crippen LogP contribution in [-0.2, 0) is 11.2 Å². The first-order valence-corrected chi connectivity index (χ1v) is 7.69. The molecule has 0 bridgehead atoms. The van der Waals surface area contributed by atoms with Crippen LogP contribution in [0.25, 0.3) is 0 Å². The van der Waals surface area contributed by atoms with E-state index in [0.717, 1.165) is 6.20 Å². The number of halogens is 1. The molecule has 0 spiro atoms. The van der Waals surface area contributed by atoms with Crippen molar-refractivity contribution in [3.05, 3.63) is 65.1 Å². The fourth-order valence-corrected chi connectivity index (χ4v) is 2.26. The molecular weight excluding hydrogens is 327 g/mol. The standard InChI is InChI=1S/C17H19FN4O3/c1-12(20-17(24)13-4-3-7-22(25)11-13)10-21(2)16(23)8-15-6-5-14(18)9-19-15/h3-7,9,11-12H,8,10H2,1-2H3,(H,20,24)/t12-/m1/s1. The van der Waals surface area contributed by atoms with E-state index in [4.69, 9.17) is 0 Å². The van der Waals surface area contributed by atoms with Crippen LogP contribution in [0.3, 0.4) is 0 Å². The Morgan fingerprint density at radius 1 is 1.40 bits per heavy atom. The van der Waals surface area contributed by atoms with Crippen molar-refractivity contribution in [3.63, 3.8) is 0 Å². The third kappa shape index (κ3) is 5.52. The predicted molar refractivity (Wildman–Crippen MR) is 87.9 cm³/mol. The van der Waals surface area contributed by atoms with Gasteiger partial charge in [0.15, 0.2) is 12.4 Å². The number of hydrogen-bond donors (Lipinski definition) is 1. The highest BCUT2D eigenvalue weighted by Crippen LogP contribution is 2.02. The molecule has 25 heavy (non-hydrogen) atoms. The van der Waals surface area contributed by atoms with Gasteiger partial charge < -0.3 is 15.4 Å². The highest BCUT2D eigenvalue weighted by Gasteiger charge is 2.17. The number of amides is 2. The number of nitrogens with zero attached hydrogens (tertiary/aromatic N) is 3. The molecule has 2 amide bonds. The van der Waals surface area contributed by atoms with E-state index in [0.29, 0.717) is 10.4 Å². The highest BCUT2D eigenvalue weighted by molar-refractivity contribution is 5.93. The van der Waals surface area contributed by atoms with Crippen LogP contribution >= 0.6 is 0 Å². The van der Waals surface area contributed by atoms with Crippen LogP contribution in [0.2, 0.25) is 0 Å². The minimum Gasteiger partial charge on any atom is -0.619 e. The molecule has 8 heteroatoms. The van der Waals surface area contributed by atoms with Gasteiger partial charge >= 0.3 is 0 Å². The Labute approximate surface area is 144 Å². The molecule has 7 nitrogen and oxygen atoms in total. The van der Waals surface area contributed by atoms with E-state index in [9.17, 15) is 19.2 Å². The van der Waals surface area contributed by atoms with Gasteiger partial charge in [0.2, 0.25) is 5.91 Å². The Hall–Kier alpha value is -3.03. The minimum absolute atomic E-state index is 0.0479. The summed E-state index contributed by atoms with van der Waals surface area (Å²) in [6, 6.07) is 5.41. The maximum absolute atomic E-state index is 12.8. The summed E-state index contributed by atoms with van der Waals surface area (Å²) in [4.78, 5) is 29.6. The number of hydrogen-bond acceptors (Lipinski definition) is 4. The van der Waals surface area contributed by atoms with E-state index < -0.39 is 11.7 Å². The molecule has 0 aliphatic carbocycles. The van der Waals surface area contributed by atoms with Gasteiger partial charge in [-0.2, -0.15) is 4.73 Å². The van der Waals surface area contributed by atoms with E-state index in [1.54, 1.807) is 14.0 Å². The van der Waals surface area contributed by atoms with Crippen molar-refractivity contribution in [2.24, 2.45) is 0 Å². The molecule has 0 saturated heterocycles. The third-order valence-corrected chi connectivity index (χ3v) is 3.51. The summed E-state index contributed by atoms with van der Waals surface area (Å²) in [6.07, 6.45) is 3.58. The molecule has 132 valence electrons. The molecule has 0 aliphatic rings. The normalized spacial score (nSPS) is 11.6. The summed E-state index contributed by atoms with van der Waals surface area (Å²) in [5, 5.41) is 13.9. The second-order valence-electron chi connectivity index (χ2n) is 5.75. The first-order valence-electron chi connectivity index (χ1n) is 7.69. The summed E-state index contributed by atoms with van der Waals surface area (Å²) in [5.74, 6) is -1.04. The monoisotopic (exact) mass is 346 g/mol. The fraction of sp³-hybridized carbons (Fsp3) is 0.294. The molecule has 0 saturated carbocycles. The molecule has 2 aromatic rings. The van der Waals surface area contributed by atoms with Crippen LogP contribution in [-0.4, -0.2) is 41.3 Å². The van der Waals surface area contributed by atoms with E-state index >= 15 is 0 Å². The number of likely N-dealkylation sites (N-methyl/N-ethyl adjacent to an activating group) is 1. The Bertz CT molecular complexity index is 752. The van der Waals surface area contributed by atoms with Gasteiger partial charge in [-0.1, -0.05) is 0 Å². The lowest BCUT2D eigenvalue weighted by molar-refractivity contribution is -0.605.